The lowest BCUT2D eigenvalue weighted by Crippen LogP contribution is -2.34. The molecule has 19 heavy (non-hydrogen) atoms. The van der Waals surface area contributed by atoms with Gasteiger partial charge in [0.15, 0.2) is 0 Å². The van der Waals surface area contributed by atoms with E-state index in [1.807, 2.05) is 13.0 Å². The maximum Gasteiger partial charge on any atom is 0.119 e. The molecule has 3 heteroatoms. The van der Waals surface area contributed by atoms with Crippen LogP contribution in [0.4, 0.5) is 0 Å². The molecule has 0 fully saturated rings. The average Bonchev–Trinajstić information content (AvgIpc) is 2.37. The van der Waals surface area contributed by atoms with Crippen molar-refractivity contribution in [1.82, 2.24) is 5.32 Å². The summed E-state index contributed by atoms with van der Waals surface area (Å²) in [5, 5.41) is 13.1. The molecule has 1 aromatic carbocycles. The van der Waals surface area contributed by atoms with Crippen molar-refractivity contribution in [2.75, 3.05) is 7.11 Å². The van der Waals surface area contributed by atoms with Crippen LogP contribution in [0.2, 0.25) is 0 Å². The van der Waals surface area contributed by atoms with Crippen molar-refractivity contribution in [1.29, 1.82) is 0 Å². The van der Waals surface area contributed by atoms with Gasteiger partial charge in [-0.05, 0) is 62.8 Å². The number of aryl methyl sites for hydroxylation is 1. The third-order valence-electron chi connectivity index (χ3n) is 3.84. The Morgan fingerprint density at radius 3 is 2.89 bits per heavy atom. The fraction of sp³-hybridized carbons (Fsp3) is 0.625. The zero-order valence-corrected chi connectivity index (χ0v) is 12.1. The average molecular weight is 263 g/mol. The van der Waals surface area contributed by atoms with Gasteiger partial charge >= 0.3 is 0 Å². The van der Waals surface area contributed by atoms with Gasteiger partial charge in [0.05, 0.1) is 13.2 Å². The second kappa shape index (κ2) is 6.40. The Kier molecular flexibility index (Phi) is 4.83. The molecule has 0 amide bonds. The van der Waals surface area contributed by atoms with Crippen LogP contribution in [0.3, 0.4) is 0 Å². The first-order valence-corrected chi connectivity index (χ1v) is 7.21. The van der Waals surface area contributed by atoms with Crippen molar-refractivity contribution in [2.45, 2.75) is 57.7 Å². The number of hydrogen-bond acceptors (Lipinski definition) is 3. The molecule has 2 rings (SSSR count). The summed E-state index contributed by atoms with van der Waals surface area (Å²) < 4.78 is 5.30. The van der Waals surface area contributed by atoms with E-state index in [1.165, 1.54) is 24.0 Å². The number of aliphatic hydroxyl groups excluding tert-OH is 1. The van der Waals surface area contributed by atoms with Crippen LogP contribution in [0.5, 0.6) is 5.75 Å². The smallest absolute Gasteiger partial charge is 0.119 e. The minimum Gasteiger partial charge on any atom is -0.497 e. The molecule has 0 spiro atoms. The highest BCUT2D eigenvalue weighted by atomic mass is 16.5. The molecule has 1 aliphatic rings. The predicted molar refractivity (Wildman–Crippen MR) is 77.6 cm³/mol. The summed E-state index contributed by atoms with van der Waals surface area (Å²) >= 11 is 0. The Hall–Kier alpha value is -1.06. The third-order valence-corrected chi connectivity index (χ3v) is 3.84. The molecule has 1 aromatic rings. The third kappa shape index (κ3) is 3.71. The Bertz CT molecular complexity index is 417. The Balaban J connectivity index is 2.09. The van der Waals surface area contributed by atoms with E-state index in [0.717, 1.165) is 18.6 Å². The SMILES string of the molecule is COc1ccc2c(c1)CCCC2NC(C)CC(C)O. The number of ether oxygens (including phenoxy) is 1. The number of hydrogen-bond donors (Lipinski definition) is 2. The Morgan fingerprint density at radius 1 is 1.42 bits per heavy atom. The molecule has 0 aliphatic heterocycles. The highest BCUT2D eigenvalue weighted by Crippen LogP contribution is 2.32. The first-order valence-electron chi connectivity index (χ1n) is 7.21. The van der Waals surface area contributed by atoms with Gasteiger partial charge < -0.3 is 15.2 Å². The van der Waals surface area contributed by atoms with Gasteiger partial charge in [-0.25, -0.2) is 0 Å². The minimum atomic E-state index is -0.249. The maximum atomic E-state index is 9.46. The van der Waals surface area contributed by atoms with E-state index in [2.05, 4.69) is 24.4 Å². The largest absolute Gasteiger partial charge is 0.497 e. The van der Waals surface area contributed by atoms with Crippen LogP contribution in [-0.4, -0.2) is 24.4 Å². The zero-order valence-electron chi connectivity index (χ0n) is 12.1. The van der Waals surface area contributed by atoms with E-state index < -0.39 is 0 Å². The van der Waals surface area contributed by atoms with Gasteiger partial charge in [-0.1, -0.05) is 6.07 Å². The number of rotatable bonds is 5. The van der Waals surface area contributed by atoms with Gasteiger partial charge in [0, 0.05) is 12.1 Å². The molecule has 106 valence electrons. The summed E-state index contributed by atoms with van der Waals surface area (Å²) in [6, 6.07) is 7.11. The van der Waals surface area contributed by atoms with Crippen LogP contribution in [0.15, 0.2) is 18.2 Å². The monoisotopic (exact) mass is 263 g/mol. The first kappa shape index (κ1) is 14.4. The van der Waals surface area contributed by atoms with E-state index in [1.54, 1.807) is 7.11 Å². The summed E-state index contributed by atoms with van der Waals surface area (Å²) in [6.07, 6.45) is 4.06. The molecule has 1 aliphatic carbocycles. The van der Waals surface area contributed by atoms with Gasteiger partial charge in [-0.2, -0.15) is 0 Å². The van der Waals surface area contributed by atoms with Crippen LogP contribution >= 0.6 is 0 Å². The van der Waals surface area contributed by atoms with Crippen molar-refractivity contribution in [3.63, 3.8) is 0 Å². The second-order valence-electron chi connectivity index (χ2n) is 5.66. The molecular weight excluding hydrogens is 238 g/mol. The summed E-state index contributed by atoms with van der Waals surface area (Å²) in [7, 11) is 1.71. The number of nitrogens with one attached hydrogen (secondary N) is 1. The lowest BCUT2D eigenvalue weighted by atomic mass is 9.87. The fourth-order valence-corrected chi connectivity index (χ4v) is 3.01. The number of benzene rings is 1. The molecule has 3 nitrogen and oxygen atoms in total. The van der Waals surface area contributed by atoms with Crippen molar-refractivity contribution in [3.8, 4) is 5.75 Å². The Labute approximate surface area is 116 Å². The molecule has 0 heterocycles. The van der Waals surface area contributed by atoms with Gasteiger partial charge in [0.2, 0.25) is 0 Å². The van der Waals surface area contributed by atoms with Gasteiger partial charge in [0.1, 0.15) is 5.75 Å². The van der Waals surface area contributed by atoms with Crippen LogP contribution in [-0.2, 0) is 6.42 Å². The summed E-state index contributed by atoms with van der Waals surface area (Å²) in [5.41, 5.74) is 2.79. The van der Waals surface area contributed by atoms with E-state index in [-0.39, 0.29) is 6.10 Å². The molecule has 0 saturated heterocycles. The van der Waals surface area contributed by atoms with Crippen molar-refractivity contribution < 1.29 is 9.84 Å². The van der Waals surface area contributed by atoms with E-state index in [9.17, 15) is 5.11 Å². The normalized spacial score (nSPS) is 21.6. The number of aliphatic hydroxyl groups is 1. The second-order valence-corrected chi connectivity index (χ2v) is 5.66. The number of fused-ring (bicyclic) bond motifs is 1. The van der Waals surface area contributed by atoms with Gasteiger partial charge in [-0.3, -0.25) is 0 Å². The fourth-order valence-electron chi connectivity index (χ4n) is 3.01. The molecule has 0 aromatic heterocycles. The highest BCUT2D eigenvalue weighted by Gasteiger charge is 2.22. The van der Waals surface area contributed by atoms with Crippen molar-refractivity contribution >= 4 is 0 Å². The Morgan fingerprint density at radius 2 is 2.21 bits per heavy atom. The molecule has 0 bridgehead atoms. The lowest BCUT2D eigenvalue weighted by Gasteiger charge is -2.30. The topological polar surface area (TPSA) is 41.5 Å². The lowest BCUT2D eigenvalue weighted by molar-refractivity contribution is 0.167. The predicted octanol–water partition coefficient (Wildman–Crippen LogP) is 2.82. The van der Waals surface area contributed by atoms with Crippen LogP contribution in [0, 0.1) is 0 Å². The maximum absolute atomic E-state index is 9.46. The van der Waals surface area contributed by atoms with Crippen LogP contribution < -0.4 is 10.1 Å². The molecule has 3 atom stereocenters. The highest BCUT2D eigenvalue weighted by molar-refractivity contribution is 5.39. The van der Waals surface area contributed by atoms with E-state index in [4.69, 9.17) is 4.74 Å². The van der Waals surface area contributed by atoms with Gasteiger partial charge in [0.25, 0.3) is 0 Å². The molecule has 0 saturated carbocycles. The summed E-state index contributed by atoms with van der Waals surface area (Å²) in [6.45, 7) is 3.99. The quantitative estimate of drug-likeness (QED) is 0.858. The van der Waals surface area contributed by atoms with Crippen molar-refractivity contribution in [2.24, 2.45) is 0 Å². The van der Waals surface area contributed by atoms with Crippen LogP contribution in [0.25, 0.3) is 0 Å². The van der Waals surface area contributed by atoms with E-state index >= 15 is 0 Å². The standard InChI is InChI=1S/C16H25NO2/c1-11(9-12(2)18)17-16-6-4-5-13-10-14(19-3)7-8-15(13)16/h7-8,10-12,16-18H,4-6,9H2,1-3H3. The summed E-state index contributed by atoms with van der Waals surface area (Å²) in [4.78, 5) is 0. The minimum absolute atomic E-state index is 0.249. The van der Waals surface area contributed by atoms with Crippen LogP contribution in [0.1, 0.15) is 50.3 Å². The molecule has 0 radical (unpaired) electrons. The first-order chi connectivity index (χ1) is 9.10. The summed E-state index contributed by atoms with van der Waals surface area (Å²) in [5.74, 6) is 0.941. The van der Waals surface area contributed by atoms with E-state index in [0.29, 0.717) is 12.1 Å². The number of methoxy groups -OCH3 is 1. The van der Waals surface area contributed by atoms with Gasteiger partial charge in [-0.15, -0.1) is 0 Å². The molecule has 3 unspecified atom stereocenters. The van der Waals surface area contributed by atoms with Crippen molar-refractivity contribution in [3.05, 3.63) is 29.3 Å². The molecular formula is C16H25NO2. The molecule has 2 N–H and O–H groups in total. The zero-order chi connectivity index (χ0) is 13.8.